The van der Waals surface area contributed by atoms with Gasteiger partial charge in [0.1, 0.15) is 8.07 Å². The Morgan fingerprint density at radius 3 is 2.20 bits per heavy atom. The van der Waals surface area contributed by atoms with Gasteiger partial charge in [0.05, 0.1) is 10.4 Å². The molecule has 2 heterocycles. The fourth-order valence-corrected chi connectivity index (χ4v) is 13.0. The molecule has 0 aliphatic carbocycles. The van der Waals surface area contributed by atoms with E-state index in [0.29, 0.717) is 0 Å². The standard InChI is InChI=1S/C32H35NSSi/c1-7-35(8-2,25-15-10-9-11-16-25)31-22(3)26-18-19-33-29(30(26)34-31)24-20-23-14-12-13-17-27(23)28(21-24)32(4,5)6/h9-21H,7-8H2,1-6H3. The number of fused-ring (bicyclic) bond motifs is 2. The van der Waals surface area contributed by atoms with Gasteiger partial charge >= 0.3 is 0 Å². The van der Waals surface area contributed by atoms with Crippen LogP contribution in [0.1, 0.15) is 45.7 Å². The van der Waals surface area contributed by atoms with Gasteiger partial charge in [0.25, 0.3) is 0 Å². The highest BCUT2D eigenvalue weighted by atomic mass is 32.1. The highest BCUT2D eigenvalue weighted by Gasteiger charge is 2.37. The molecule has 0 saturated carbocycles. The number of rotatable bonds is 5. The van der Waals surface area contributed by atoms with E-state index in [-0.39, 0.29) is 5.41 Å². The summed E-state index contributed by atoms with van der Waals surface area (Å²) in [6.45, 7) is 14.1. The SMILES string of the molecule is CC[Si](CC)(c1ccccc1)c1sc2c(-c3cc(C(C)(C)C)c4ccccc4c3)nccc2c1C. The molecule has 0 aliphatic heterocycles. The van der Waals surface area contributed by atoms with E-state index in [1.807, 2.05) is 17.5 Å². The molecular formula is C32H35NSSi. The third-order valence-corrected chi connectivity index (χ3v) is 15.5. The minimum atomic E-state index is -1.84. The maximum absolute atomic E-state index is 4.99. The Hall–Kier alpha value is -2.75. The lowest BCUT2D eigenvalue weighted by molar-refractivity contribution is 0.596. The van der Waals surface area contributed by atoms with Crippen LogP contribution in [0.15, 0.2) is 79.0 Å². The zero-order chi connectivity index (χ0) is 24.8. The van der Waals surface area contributed by atoms with E-state index in [0.717, 1.165) is 5.69 Å². The van der Waals surface area contributed by atoms with Gasteiger partial charge in [-0.25, -0.2) is 0 Å². The highest BCUT2D eigenvalue weighted by Crippen LogP contribution is 2.39. The van der Waals surface area contributed by atoms with Crippen molar-refractivity contribution >= 4 is 50.0 Å². The number of benzene rings is 3. The molecule has 0 radical (unpaired) electrons. The Bertz CT molecular complexity index is 1500. The second-order valence-electron chi connectivity index (χ2n) is 10.7. The zero-order valence-electron chi connectivity index (χ0n) is 21.8. The largest absolute Gasteiger partial charge is 0.255 e. The average molecular weight is 494 g/mol. The van der Waals surface area contributed by atoms with Crippen LogP contribution in [0.4, 0.5) is 0 Å². The van der Waals surface area contributed by atoms with Crippen molar-refractivity contribution < 1.29 is 0 Å². The number of hydrogen-bond acceptors (Lipinski definition) is 2. The molecule has 3 heteroatoms. The van der Waals surface area contributed by atoms with Crippen LogP contribution < -0.4 is 9.69 Å². The number of hydrogen-bond donors (Lipinski definition) is 0. The molecule has 5 aromatic rings. The van der Waals surface area contributed by atoms with Crippen LogP contribution in [0.2, 0.25) is 12.1 Å². The van der Waals surface area contributed by atoms with Crippen LogP contribution in [0.3, 0.4) is 0 Å². The predicted octanol–water partition coefficient (Wildman–Crippen LogP) is 8.33. The van der Waals surface area contributed by atoms with Gasteiger partial charge in [-0.3, -0.25) is 4.98 Å². The van der Waals surface area contributed by atoms with Crippen LogP contribution in [0, 0.1) is 6.92 Å². The first kappa shape index (κ1) is 24.0. The summed E-state index contributed by atoms with van der Waals surface area (Å²) < 4.78 is 2.96. The monoisotopic (exact) mass is 493 g/mol. The van der Waals surface area contributed by atoms with Crippen molar-refractivity contribution in [1.29, 1.82) is 0 Å². The summed E-state index contributed by atoms with van der Waals surface area (Å²) >= 11 is 2.01. The Labute approximate surface area is 214 Å². The lowest BCUT2D eigenvalue weighted by Crippen LogP contribution is -2.56. The molecule has 0 atom stereocenters. The number of aryl methyl sites for hydroxylation is 1. The van der Waals surface area contributed by atoms with Gasteiger partial charge in [-0.2, -0.15) is 0 Å². The number of thiophene rings is 1. The average Bonchev–Trinajstić information content (AvgIpc) is 3.21. The molecule has 0 saturated heterocycles. The van der Waals surface area contributed by atoms with Crippen molar-refractivity contribution in [1.82, 2.24) is 4.98 Å². The lowest BCUT2D eigenvalue weighted by atomic mass is 9.82. The molecule has 2 aromatic heterocycles. The van der Waals surface area contributed by atoms with Crippen LogP contribution >= 0.6 is 11.3 Å². The quantitative estimate of drug-likeness (QED) is 0.224. The summed E-state index contributed by atoms with van der Waals surface area (Å²) in [6.07, 6.45) is 2.01. The van der Waals surface area contributed by atoms with E-state index >= 15 is 0 Å². The second-order valence-corrected chi connectivity index (χ2v) is 16.8. The molecule has 0 aliphatic rings. The fourth-order valence-electron chi connectivity index (χ4n) is 5.75. The predicted molar refractivity (Wildman–Crippen MR) is 158 cm³/mol. The van der Waals surface area contributed by atoms with Gasteiger partial charge in [-0.05, 0) is 62.3 Å². The molecule has 0 spiro atoms. The van der Waals surface area contributed by atoms with Gasteiger partial charge in [-0.1, -0.05) is 106 Å². The molecule has 3 aromatic carbocycles. The van der Waals surface area contributed by atoms with Gasteiger partial charge < -0.3 is 0 Å². The molecule has 0 amide bonds. The molecule has 0 N–H and O–H groups in total. The van der Waals surface area contributed by atoms with Crippen LogP contribution in [-0.2, 0) is 5.41 Å². The summed E-state index contributed by atoms with van der Waals surface area (Å²) in [5, 5.41) is 5.55. The maximum atomic E-state index is 4.99. The first-order valence-electron chi connectivity index (χ1n) is 12.8. The Kier molecular flexibility index (Phi) is 6.19. The zero-order valence-corrected chi connectivity index (χ0v) is 23.6. The van der Waals surface area contributed by atoms with E-state index in [2.05, 4.69) is 114 Å². The Balaban J connectivity index is 1.79. The summed E-state index contributed by atoms with van der Waals surface area (Å²) in [5.41, 5.74) is 5.26. The van der Waals surface area contributed by atoms with Gasteiger partial charge in [0.2, 0.25) is 0 Å². The molecule has 0 unspecified atom stereocenters. The van der Waals surface area contributed by atoms with Gasteiger partial charge in [0, 0.05) is 11.8 Å². The van der Waals surface area contributed by atoms with Crippen LogP contribution in [0.25, 0.3) is 32.1 Å². The van der Waals surface area contributed by atoms with E-state index in [1.165, 1.54) is 49.6 Å². The van der Waals surface area contributed by atoms with Crippen molar-refractivity contribution in [3.05, 3.63) is 90.1 Å². The normalized spacial score (nSPS) is 12.5. The highest BCUT2D eigenvalue weighted by molar-refractivity contribution is 7.34. The molecule has 5 rings (SSSR count). The van der Waals surface area contributed by atoms with Crippen molar-refractivity contribution in [2.75, 3.05) is 0 Å². The fraction of sp³-hybridized carbons (Fsp3) is 0.281. The Morgan fingerprint density at radius 1 is 0.829 bits per heavy atom. The van der Waals surface area contributed by atoms with Crippen molar-refractivity contribution in [2.45, 2.75) is 59.0 Å². The molecule has 35 heavy (non-hydrogen) atoms. The smallest absolute Gasteiger partial charge is 0.130 e. The van der Waals surface area contributed by atoms with Gasteiger partial charge in [-0.15, -0.1) is 11.3 Å². The minimum Gasteiger partial charge on any atom is -0.255 e. The third kappa shape index (κ3) is 3.95. The molecule has 178 valence electrons. The second kappa shape index (κ2) is 9.04. The first-order valence-corrected chi connectivity index (χ1v) is 16.0. The summed E-state index contributed by atoms with van der Waals surface area (Å²) in [7, 11) is -1.84. The molecule has 0 bridgehead atoms. The van der Waals surface area contributed by atoms with Crippen molar-refractivity contribution in [3.63, 3.8) is 0 Å². The number of aromatic nitrogens is 1. The molecular weight excluding hydrogens is 459 g/mol. The topological polar surface area (TPSA) is 12.9 Å². The van der Waals surface area contributed by atoms with E-state index in [4.69, 9.17) is 4.98 Å². The van der Waals surface area contributed by atoms with Crippen molar-refractivity contribution in [2.24, 2.45) is 0 Å². The maximum Gasteiger partial charge on any atom is 0.130 e. The molecule has 1 nitrogen and oxygen atoms in total. The van der Waals surface area contributed by atoms with Gasteiger partial charge in [0.15, 0.2) is 0 Å². The number of nitrogens with zero attached hydrogens (tertiary/aromatic N) is 1. The summed E-state index contributed by atoms with van der Waals surface area (Å²) in [5.74, 6) is 0. The summed E-state index contributed by atoms with van der Waals surface area (Å²) in [6, 6.07) is 29.5. The summed E-state index contributed by atoms with van der Waals surface area (Å²) in [4.78, 5) is 4.99. The molecule has 0 fully saturated rings. The van der Waals surface area contributed by atoms with E-state index in [9.17, 15) is 0 Å². The van der Waals surface area contributed by atoms with E-state index in [1.54, 1.807) is 9.69 Å². The van der Waals surface area contributed by atoms with Crippen molar-refractivity contribution in [3.8, 4) is 11.3 Å². The number of pyridine rings is 1. The lowest BCUT2D eigenvalue weighted by Gasteiger charge is -2.30. The first-order chi connectivity index (χ1) is 16.8. The third-order valence-electron chi connectivity index (χ3n) is 7.76. The minimum absolute atomic E-state index is 0.0554. The van der Waals surface area contributed by atoms with Crippen LogP contribution in [-0.4, -0.2) is 13.1 Å². The van der Waals surface area contributed by atoms with Crippen LogP contribution in [0.5, 0.6) is 0 Å². The van der Waals surface area contributed by atoms with E-state index < -0.39 is 8.07 Å². The Morgan fingerprint density at radius 2 is 1.51 bits per heavy atom.